The maximum Gasteiger partial charge on any atom is 0.319 e. The molecule has 2 amide bonds. The quantitative estimate of drug-likeness (QED) is 0.612. The fourth-order valence-electron chi connectivity index (χ4n) is 2.03. The van der Waals surface area contributed by atoms with E-state index in [0.29, 0.717) is 33.1 Å². The third-order valence-corrected chi connectivity index (χ3v) is 3.78. The summed E-state index contributed by atoms with van der Waals surface area (Å²) in [5.41, 5.74) is 1.08. The Morgan fingerprint density at radius 1 is 1.15 bits per heavy atom. The molecule has 3 rings (SSSR count). The smallest absolute Gasteiger partial charge is 0.319 e. The van der Waals surface area contributed by atoms with E-state index < -0.39 is 6.03 Å². The standard InChI is InChI=1S/C17H14Cl2N4O3/c18-11-3-4-13(12(19)10-11)21-17(24)20-7-9-26-16-6-5-14(22-23-16)15-2-1-8-25-15/h1-6,8,10H,7,9H2,(H2,20,21,24). The summed E-state index contributed by atoms with van der Waals surface area (Å²) in [5.74, 6) is 0.978. The van der Waals surface area contributed by atoms with Crippen molar-refractivity contribution in [2.45, 2.75) is 0 Å². The zero-order valence-corrected chi connectivity index (χ0v) is 14.9. The highest BCUT2D eigenvalue weighted by atomic mass is 35.5. The number of urea groups is 1. The first kappa shape index (κ1) is 18.0. The van der Waals surface area contributed by atoms with Crippen molar-refractivity contribution >= 4 is 34.9 Å². The Morgan fingerprint density at radius 2 is 2.04 bits per heavy atom. The molecule has 3 aromatic rings. The number of aromatic nitrogens is 2. The van der Waals surface area contributed by atoms with Crippen molar-refractivity contribution < 1.29 is 13.9 Å². The molecule has 0 fully saturated rings. The summed E-state index contributed by atoms with van der Waals surface area (Å²) in [6.07, 6.45) is 1.56. The van der Waals surface area contributed by atoms with Gasteiger partial charge in [0.15, 0.2) is 5.76 Å². The molecule has 2 aromatic heterocycles. The van der Waals surface area contributed by atoms with Gasteiger partial charge >= 0.3 is 6.03 Å². The van der Waals surface area contributed by atoms with E-state index in [1.165, 1.54) is 0 Å². The number of nitrogens with one attached hydrogen (secondary N) is 2. The summed E-state index contributed by atoms with van der Waals surface area (Å²) in [6.45, 7) is 0.509. The van der Waals surface area contributed by atoms with Crippen molar-refractivity contribution in [1.82, 2.24) is 15.5 Å². The van der Waals surface area contributed by atoms with Gasteiger partial charge in [0, 0.05) is 11.1 Å². The molecule has 0 bridgehead atoms. The number of hydrogen-bond acceptors (Lipinski definition) is 5. The molecule has 0 aliphatic heterocycles. The largest absolute Gasteiger partial charge is 0.475 e. The van der Waals surface area contributed by atoms with Crippen molar-refractivity contribution in [2.75, 3.05) is 18.5 Å². The van der Waals surface area contributed by atoms with Crippen LogP contribution < -0.4 is 15.4 Å². The van der Waals surface area contributed by atoms with Crippen LogP contribution in [-0.4, -0.2) is 29.4 Å². The van der Waals surface area contributed by atoms with Crippen LogP contribution in [0.1, 0.15) is 0 Å². The predicted molar refractivity (Wildman–Crippen MR) is 98.7 cm³/mol. The Kier molecular flexibility index (Phi) is 5.93. The summed E-state index contributed by atoms with van der Waals surface area (Å²) in [4.78, 5) is 11.8. The van der Waals surface area contributed by atoms with Crippen LogP contribution in [0.25, 0.3) is 11.5 Å². The van der Waals surface area contributed by atoms with Gasteiger partial charge in [-0.25, -0.2) is 4.79 Å². The van der Waals surface area contributed by atoms with Crippen LogP contribution in [0.3, 0.4) is 0 Å². The molecule has 0 saturated carbocycles. The molecule has 0 unspecified atom stereocenters. The highest BCUT2D eigenvalue weighted by Gasteiger charge is 2.07. The zero-order valence-electron chi connectivity index (χ0n) is 13.4. The summed E-state index contributed by atoms with van der Waals surface area (Å²) in [5, 5.41) is 14.1. The lowest BCUT2D eigenvalue weighted by atomic mass is 10.3. The summed E-state index contributed by atoms with van der Waals surface area (Å²) in [7, 11) is 0. The number of anilines is 1. The number of furan rings is 1. The Labute approximate surface area is 159 Å². The van der Waals surface area contributed by atoms with Crippen molar-refractivity contribution in [3.05, 3.63) is 58.8 Å². The Hall–Kier alpha value is -2.77. The molecule has 2 N–H and O–H groups in total. The Balaban J connectivity index is 1.41. The maximum atomic E-state index is 11.8. The number of halogens is 2. The molecule has 7 nitrogen and oxygen atoms in total. The highest BCUT2D eigenvalue weighted by molar-refractivity contribution is 6.36. The minimum absolute atomic E-state index is 0.233. The van der Waals surface area contributed by atoms with Gasteiger partial charge in [0.2, 0.25) is 5.88 Å². The van der Waals surface area contributed by atoms with Crippen molar-refractivity contribution in [1.29, 1.82) is 0 Å². The lowest BCUT2D eigenvalue weighted by molar-refractivity contribution is 0.246. The highest BCUT2D eigenvalue weighted by Crippen LogP contribution is 2.25. The SMILES string of the molecule is O=C(NCCOc1ccc(-c2ccco2)nn1)Nc1ccc(Cl)cc1Cl. The third kappa shape index (κ3) is 4.87. The van der Waals surface area contributed by atoms with Crippen LogP contribution in [0.2, 0.25) is 10.0 Å². The predicted octanol–water partition coefficient (Wildman–Crippen LogP) is 4.24. The van der Waals surface area contributed by atoms with Gasteiger partial charge < -0.3 is 19.8 Å². The van der Waals surface area contributed by atoms with Gasteiger partial charge in [-0.05, 0) is 36.4 Å². The molecule has 0 saturated heterocycles. The van der Waals surface area contributed by atoms with Crippen LogP contribution in [0, 0.1) is 0 Å². The first-order valence-electron chi connectivity index (χ1n) is 7.62. The molecule has 1 aromatic carbocycles. The lowest BCUT2D eigenvalue weighted by Crippen LogP contribution is -2.32. The molecule has 0 spiro atoms. The molecule has 0 radical (unpaired) electrons. The number of nitrogens with zero attached hydrogens (tertiary/aromatic N) is 2. The number of benzene rings is 1. The monoisotopic (exact) mass is 392 g/mol. The van der Waals surface area contributed by atoms with Gasteiger partial charge in [-0.3, -0.25) is 0 Å². The van der Waals surface area contributed by atoms with Crippen LogP contribution in [0.4, 0.5) is 10.5 Å². The van der Waals surface area contributed by atoms with Gasteiger partial charge in [-0.1, -0.05) is 23.2 Å². The normalized spacial score (nSPS) is 10.4. The van der Waals surface area contributed by atoms with Crippen LogP contribution >= 0.6 is 23.2 Å². The molecular weight excluding hydrogens is 379 g/mol. The second kappa shape index (κ2) is 8.55. The van der Waals surface area contributed by atoms with Gasteiger partial charge in [0.25, 0.3) is 0 Å². The lowest BCUT2D eigenvalue weighted by Gasteiger charge is -2.09. The van der Waals surface area contributed by atoms with Crippen molar-refractivity contribution in [3.8, 4) is 17.3 Å². The van der Waals surface area contributed by atoms with E-state index in [4.69, 9.17) is 32.4 Å². The molecule has 0 aliphatic carbocycles. The Bertz CT molecular complexity index is 870. The van der Waals surface area contributed by atoms with E-state index in [0.717, 1.165) is 0 Å². The van der Waals surface area contributed by atoms with E-state index in [9.17, 15) is 4.79 Å². The van der Waals surface area contributed by atoms with E-state index in [-0.39, 0.29) is 13.2 Å². The van der Waals surface area contributed by atoms with Crippen molar-refractivity contribution in [2.24, 2.45) is 0 Å². The third-order valence-electron chi connectivity index (χ3n) is 3.23. The molecule has 2 heterocycles. The van der Waals surface area contributed by atoms with Gasteiger partial charge in [-0.2, -0.15) is 0 Å². The zero-order chi connectivity index (χ0) is 18.4. The van der Waals surface area contributed by atoms with E-state index in [1.807, 2.05) is 0 Å². The number of amides is 2. The topological polar surface area (TPSA) is 89.3 Å². The first-order valence-corrected chi connectivity index (χ1v) is 8.38. The molecular formula is C17H14Cl2N4O3. The second-order valence-electron chi connectivity index (χ2n) is 5.09. The Morgan fingerprint density at radius 3 is 2.73 bits per heavy atom. The number of rotatable bonds is 6. The number of carbonyl (C=O) groups is 1. The van der Waals surface area contributed by atoms with Gasteiger partial charge in [-0.15, -0.1) is 10.2 Å². The van der Waals surface area contributed by atoms with Gasteiger partial charge in [0.05, 0.1) is 23.5 Å². The second-order valence-corrected chi connectivity index (χ2v) is 5.93. The molecule has 134 valence electrons. The van der Waals surface area contributed by atoms with E-state index >= 15 is 0 Å². The average Bonchev–Trinajstić information content (AvgIpc) is 3.16. The minimum Gasteiger partial charge on any atom is -0.475 e. The fourth-order valence-corrected chi connectivity index (χ4v) is 2.49. The van der Waals surface area contributed by atoms with Crippen LogP contribution in [0.5, 0.6) is 5.88 Å². The average molecular weight is 393 g/mol. The molecule has 26 heavy (non-hydrogen) atoms. The van der Waals surface area contributed by atoms with Crippen LogP contribution in [0.15, 0.2) is 53.1 Å². The van der Waals surface area contributed by atoms with Crippen molar-refractivity contribution in [3.63, 3.8) is 0 Å². The number of hydrogen-bond donors (Lipinski definition) is 2. The summed E-state index contributed by atoms with van der Waals surface area (Å²) < 4.78 is 10.7. The summed E-state index contributed by atoms with van der Waals surface area (Å²) in [6, 6.07) is 11.4. The minimum atomic E-state index is -0.405. The van der Waals surface area contributed by atoms with E-state index in [1.54, 1.807) is 48.7 Å². The number of carbonyl (C=O) groups excluding carboxylic acids is 1. The van der Waals surface area contributed by atoms with E-state index in [2.05, 4.69) is 20.8 Å². The molecule has 9 heteroatoms. The fraction of sp³-hybridized carbons (Fsp3) is 0.118. The molecule has 0 atom stereocenters. The summed E-state index contributed by atoms with van der Waals surface area (Å²) >= 11 is 11.8. The van der Waals surface area contributed by atoms with Crippen LogP contribution in [-0.2, 0) is 0 Å². The maximum absolute atomic E-state index is 11.8. The number of ether oxygens (including phenoxy) is 1. The molecule has 0 aliphatic rings. The van der Waals surface area contributed by atoms with Gasteiger partial charge in [0.1, 0.15) is 12.3 Å². The first-order chi connectivity index (χ1) is 12.6.